The fraction of sp³-hybridized carbons (Fsp3) is 0.467. The third-order valence-corrected chi connectivity index (χ3v) is 6.12. The smallest absolute Gasteiger partial charge is 0.288 e. The first-order valence-electron chi connectivity index (χ1n) is 7.56. The molecular weight excluding hydrogens is 334 g/mol. The first kappa shape index (κ1) is 16.4. The van der Waals surface area contributed by atoms with Crippen LogP contribution in [0.2, 0.25) is 0 Å². The Morgan fingerprint density at radius 3 is 2.74 bits per heavy atom. The lowest BCUT2D eigenvalue weighted by molar-refractivity contribution is 0.162. The lowest BCUT2D eigenvalue weighted by atomic mass is 10.2. The molecule has 2 aromatic rings. The van der Waals surface area contributed by atoms with Crippen LogP contribution in [0.25, 0.3) is 11.5 Å². The van der Waals surface area contributed by atoms with Gasteiger partial charge in [0.2, 0.25) is 5.89 Å². The molecule has 124 valence electrons. The second-order valence-corrected chi connectivity index (χ2v) is 8.22. The average molecular weight is 353 g/mol. The van der Waals surface area contributed by atoms with Gasteiger partial charge in [-0.1, -0.05) is 25.1 Å². The molecule has 8 heteroatoms. The van der Waals surface area contributed by atoms with E-state index in [9.17, 15) is 8.42 Å². The SMILES string of the molecule is CCN(Cn1nc(-c2ccccc2)oc1=S)[C@H]1CCS(=O)(=O)C1. The zero-order valence-electron chi connectivity index (χ0n) is 12.9. The molecule has 2 heterocycles. The van der Waals surface area contributed by atoms with Gasteiger partial charge < -0.3 is 4.42 Å². The molecule has 1 atom stereocenters. The highest BCUT2D eigenvalue weighted by molar-refractivity contribution is 7.91. The predicted molar refractivity (Wildman–Crippen MR) is 90.2 cm³/mol. The summed E-state index contributed by atoms with van der Waals surface area (Å²) in [5.41, 5.74) is 0.865. The van der Waals surface area contributed by atoms with Gasteiger partial charge in [0.25, 0.3) is 4.84 Å². The largest absolute Gasteiger partial charge is 0.409 e. The molecule has 0 amide bonds. The monoisotopic (exact) mass is 353 g/mol. The van der Waals surface area contributed by atoms with Gasteiger partial charge in [-0.15, -0.1) is 5.10 Å². The fourth-order valence-corrected chi connectivity index (χ4v) is 4.74. The standard InChI is InChI=1S/C15H19N3O3S2/c1-2-17(13-8-9-23(19,20)10-13)11-18-15(22)21-14(16-18)12-6-4-3-5-7-12/h3-7,13H,2,8-11H2,1H3/t13-/m0/s1. The minimum absolute atomic E-state index is 0.0174. The number of nitrogens with zero attached hydrogens (tertiary/aromatic N) is 3. The third kappa shape index (κ3) is 3.70. The third-order valence-electron chi connectivity index (χ3n) is 4.07. The topological polar surface area (TPSA) is 68.3 Å². The van der Waals surface area contributed by atoms with Crippen molar-refractivity contribution >= 4 is 22.1 Å². The van der Waals surface area contributed by atoms with Gasteiger partial charge in [0.1, 0.15) is 0 Å². The Morgan fingerprint density at radius 1 is 1.39 bits per heavy atom. The number of rotatable bonds is 5. The molecule has 1 aromatic heterocycles. The van der Waals surface area contributed by atoms with Crippen LogP contribution in [0.1, 0.15) is 13.3 Å². The van der Waals surface area contributed by atoms with E-state index >= 15 is 0 Å². The predicted octanol–water partition coefficient (Wildman–Crippen LogP) is 2.34. The number of benzene rings is 1. The molecule has 1 aliphatic heterocycles. The number of aromatic nitrogens is 2. The van der Waals surface area contributed by atoms with E-state index in [1.165, 1.54) is 0 Å². The van der Waals surface area contributed by atoms with Gasteiger partial charge in [0.15, 0.2) is 9.84 Å². The van der Waals surface area contributed by atoms with Crippen LogP contribution in [0.5, 0.6) is 0 Å². The molecule has 1 saturated heterocycles. The highest BCUT2D eigenvalue weighted by atomic mass is 32.2. The van der Waals surface area contributed by atoms with E-state index in [2.05, 4.69) is 10.00 Å². The van der Waals surface area contributed by atoms with Crippen LogP contribution in [0.4, 0.5) is 0 Å². The normalized spacial score (nSPS) is 20.2. The van der Waals surface area contributed by atoms with Crippen LogP contribution >= 0.6 is 12.2 Å². The quantitative estimate of drug-likeness (QED) is 0.769. The minimum Gasteiger partial charge on any atom is -0.409 e. The Morgan fingerprint density at radius 2 is 2.13 bits per heavy atom. The van der Waals surface area contributed by atoms with Gasteiger partial charge in [-0.3, -0.25) is 4.90 Å². The molecule has 0 N–H and O–H groups in total. The summed E-state index contributed by atoms with van der Waals surface area (Å²) in [5.74, 6) is 0.941. The van der Waals surface area contributed by atoms with Gasteiger partial charge in [-0.05, 0) is 37.3 Å². The van der Waals surface area contributed by atoms with Crippen molar-refractivity contribution in [2.45, 2.75) is 26.1 Å². The summed E-state index contributed by atoms with van der Waals surface area (Å²) in [6, 6.07) is 9.58. The number of hydrogen-bond donors (Lipinski definition) is 0. The van der Waals surface area contributed by atoms with Crippen LogP contribution in [0.3, 0.4) is 0 Å². The molecule has 0 aliphatic carbocycles. The van der Waals surface area contributed by atoms with Crippen LogP contribution in [-0.2, 0) is 16.5 Å². The summed E-state index contributed by atoms with van der Waals surface area (Å²) in [6.45, 7) is 3.17. The summed E-state index contributed by atoms with van der Waals surface area (Å²) in [7, 11) is -2.91. The maximum absolute atomic E-state index is 11.7. The van der Waals surface area contributed by atoms with Crippen molar-refractivity contribution in [2.75, 3.05) is 18.1 Å². The molecule has 1 fully saturated rings. The zero-order valence-corrected chi connectivity index (χ0v) is 14.5. The molecule has 0 radical (unpaired) electrons. The number of sulfone groups is 1. The van der Waals surface area contributed by atoms with Gasteiger partial charge in [-0.25, -0.2) is 13.1 Å². The van der Waals surface area contributed by atoms with Crippen molar-refractivity contribution in [3.8, 4) is 11.5 Å². The van der Waals surface area contributed by atoms with E-state index < -0.39 is 9.84 Å². The van der Waals surface area contributed by atoms with Crippen LogP contribution in [-0.4, -0.2) is 47.2 Å². The Kier molecular flexibility index (Phi) is 4.65. The molecule has 3 rings (SSSR count). The molecular formula is C15H19N3O3S2. The van der Waals surface area contributed by atoms with Crippen LogP contribution < -0.4 is 0 Å². The number of hydrogen-bond acceptors (Lipinski definition) is 6. The van der Waals surface area contributed by atoms with Crippen molar-refractivity contribution in [2.24, 2.45) is 0 Å². The lowest BCUT2D eigenvalue weighted by Gasteiger charge is -2.25. The van der Waals surface area contributed by atoms with E-state index in [1.807, 2.05) is 37.3 Å². The summed E-state index contributed by atoms with van der Waals surface area (Å²) in [4.78, 5) is 2.38. The maximum atomic E-state index is 11.7. The van der Waals surface area contributed by atoms with Crippen molar-refractivity contribution in [3.05, 3.63) is 35.2 Å². The van der Waals surface area contributed by atoms with Crippen molar-refractivity contribution in [1.29, 1.82) is 0 Å². The van der Waals surface area contributed by atoms with Gasteiger partial charge in [0, 0.05) is 11.6 Å². The Balaban J connectivity index is 1.80. The van der Waals surface area contributed by atoms with Crippen LogP contribution in [0, 0.1) is 4.84 Å². The molecule has 0 spiro atoms. The van der Waals surface area contributed by atoms with Crippen molar-refractivity contribution < 1.29 is 12.8 Å². The molecule has 0 saturated carbocycles. The maximum Gasteiger partial charge on any atom is 0.288 e. The summed E-state index contributed by atoms with van der Waals surface area (Å²) in [6.07, 6.45) is 0.660. The van der Waals surface area contributed by atoms with E-state index in [0.717, 1.165) is 12.1 Å². The Labute approximate surface area is 140 Å². The Bertz CT molecular complexity index is 827. The Hall–Kier alpha value is -1.51. The van der Waals surface area contributed by atoms with Gasteiger partial charge in [0.05, 0.1) is 18.2 Å². The average Bonchev–Trinajstić information content (AvgIpc) is 3.08. The molecule has 0 bridgehead atoms. The van der Waals surface area contributed by atoms with Crippen molar-refractivity contribution in [1.82, 2.24) is 14.7 Å². The highest BCUT2D eigenvalue weighted by Crippen LogP contribution is 2.20. The summed E-state index contributed by atoms with van der Waals surface area (Å²) >= 11 is 5.25. The van der Waals surface area contributed by atoms with E-state index in [-0.39, 0.29) is 17.5 Å². The van der Waals surface area contributed by atoms with E-state index in [1.54, 1.807) is 4.68 Å². The summed E-state index contributed by atoms with van der Waals surface area (Å²) < 4.78 is 30.6. The van der Waals surface area contributed by atoms with E-state index in [4.69, 9.17) is 16.6 Å². The van der Waals surface area contributed by atoms with Gasteiger partial charge >= 0.3 is 0 Å². The molecule has 1 aliphatic rings. The lowest BCUT2D eigenvalue weighted by Crippen LogP contribution is -2.37. The zero-order chi connectivity index (χ0) is 16.4. The van der Waals surface area contributed by atoms with Crippen LogP contribution in [0.15, 0.2) is 34.7 Å². The molecule has 0 unspecified atom stereocenters. The fourth-order valence-electron chi connectivity index (χ4n) is 2.80. The van der Waals surface area contributed by atoms with Crippen molar-refractivity contribution in [3.63, 3.8) is 0 Å². The molecule has 1 aromatic carbocycles. The first-order valence-corrected chi connectivity index (χ1v) is 9.79. The second kappa shape index (κ2) is 6.54. The second-order valence-electron chi connectivity index (χ2n) is 5.64. The highest BCUT2D eigenvalue weighted by Gasteiger charge is 2.32. The minimum atomic E-state index is -2.91. The first-order chi connectivity index (χ1) is 11.0. The van der Waals surface area contributed by atoms with Gasteiger partial charge in [-0.2, -0.15) is 0 Å². The summed E-state index contributed by atoms with van der Waals surface area (Å²) in [5, 5.41) is 4.43. The molecule has 23 heavy (non-hydrogen) atoms. The van der Waals surface area contributed by atoms with E-state index in [0.29, 0.717) is 23.8 Å². The molecule has 6 nitrogen and oxygen atoms in total.